The molecule has 0 saturated carbocycles. The predicted molar refractivity (Wildman–Crippen MR) is 98.6 cm³/mol. The average Bonchev–Trinajstić information content (AvgIpc) is 2.99. The van der Waals surface area contributed by atoms with Crippen molar-refractivity contribution in [2.45, 2.75) is 51.6 Å². The number of esters is 2. The highest BCUT2D eigenvalue weighted by molar-refractivity contribution is 5.92. The standard InChI is InChI=1S/C21H28O5/c1-3-5-9-16(4-2)12-18-13-21(14-22,26-20(18)24)15-25-19(23)17-10-7-6-8-11-17/h6-8,10-12,16,22H,3-5,9,13-15H2,1-2H3/b18-12+. The van der Waals surface area contributed by atoms with Crippen LogP contribution in [0, 0.1) is 5.92 Å². The second kappa shape index (κ2) is 9.53. The van der Waals surface area contributed by atoms with Crippen molar-refractivity contribution in [1.29, 1.82) is 0 Å². The summed E-state index contributed by atoms with van der Waals surface area (Å²) in [4.78, 5) is 24.4. The van der Waals surface area contributed by atoms with Gasteiger partial charge in [-0.25, -0.2) is 9.59 Å². The molecule has 1 N–H and O–H groups in total. The van der Waals surface area contributed by atoms with Crippen LogP contribution in [0.4, 0.5) is 0 Å². The van der Waals surface area contributed by atoms with Crippen LogP contribution < -0.4 is 0 Å². The summed E-state index contributed by atoms with van der Waals surface area (Å²) in [6, 6.07) is 8.61. The molecule has 1 saturated heterocycles. The highest BCUT2D eigenvalue weighted by Gasteiger charge is 2.44. The number of aliphatic hydroxyl groups is 1. The van der Waals surface area contributed by atoms with Gasteiger partial charge in [-0.3, -0.25) is 0 Å². The smallest absolute Gasteiger partial charge is 0.338 e. The number of carbonyl (C=O) groups excluding carboxylic acids is 2. The van der Waals surface area contributed by atoms with E-state index in [0.29, 0.717) is 17.1 Å². The molecule has 1 aromatic rings. The van der Waals surface area contributed by atoms with E-state index in [1.165, 1.54) is 0 Å². The molecule has 2 atom stereocenters. The SMILES string of the molecule is CCCCC(/C=C1\CC(CO)(COC(=O)c2ccccc2)OC1=O)CC. The van der Waals surface area contributed by atoms with Gasteiger partial charge < -0.3 is 14.6 Å². The van der Waals surface area contributed by atoms with E-state index < -0.39 is 17.5 Å². The molecule has 0 spiro atoms. The molecule has 0 aromatic heterocycles. The van der Waals surface area contributed by atoms with Crippen molar-refractivity contribution in [2.75, 3.05) is 13.2 Å². The van der Waals surface area contributed by atoms with Gasteiger partial charge in [0.2, 0.25) is 0 Å². The summed E-state index contributed by atoms with van der Waals surface area (Å²) in [7, 11) is 0. The van der Waals surface area contributed by atoms with Crippen molar-refractivity contribution in [3.8, 4) is 0 Å². The maximum Gasteiger partial charge on any atom is 0.338 e. The minimum Gasteiger partial charge on any atom is -0.458 e. The van der Waals surface area contributed by atoms with E-state index in [1.807, 2.05) is 12.1 Å². The van der Waals surface area contributed by atoms with Crippen LogP contribution in [0.15, 0.2) is 42.0 Å². The van der Waals surface area contributed by atoms with Gasteiger partial charge in [0.15, 0.2) is 5.60 Å². The van der Waals surface area contributed by atoms with E-state index in [4.69, 9.17) is 9.47 Å². The lowest BCUT2D eigenvalue weighted by atomic mass is 9.93. The third-order valence-electron chi connectivity index (χ3n) is 4.74. The third-order valence-corrected chi connectivity index (χ3v) is 4.74. The summed E-state index contributed by atoms with van der Waals surface area (Å²) in [6.07, 6.45) is 6.42. The van der Waals surface area contributed by atoms with Crippen molar-refractivity contribution in [1.82, 2.24) is 0 Å². The average molecular weight is 360 g/mol. The fraction of sp³-hybridized carbons (Fsp3) is 0.524. The molecule has 5 nitrogen and oxygen atoms in total. The first-order chi connectivity index (χ1) is 12.5. The number of allylic oxidation sites excluding steroid dienone is 1. The Morgan fingerprint density at radius 1 is 1.35 bits per heavy atom. The van der Waals surface area contributed by atoms with Gasteiger partial charge >= 0.3 is 11.9 Å². The molecule has 1 aromatic carbocycles. The van der Waals surface area contributed by atoms with Crippen molar-refractivity contribution >= 4 is 11.9 Å². The number of cyclic esters (lactones) is 1. The zero-order chi connectivity index (χ0) is 19.0. The fourth-order valence-corrected chi connectivity index (χ4v) is 3.07. The molecule has 1 aliphatic rings. The first-order valence-corrected chi connectivity index (χ1v) is 9.30. The minimum atomic E-state index is -1.18. The Labute approximate surface area is 155 Å². The summed E-state index contributed by atoms with van der Waals surface area (Å²) in [6.45, 7) is 3.69. The van der Waals surface area contributed by atoms with Crippen LogP contribution >= 0.6 is 0 Å². The summed E-state index contributed by atoms with van der Waals surface area (Å²) in [5.41, 5.74) is -0.194. The molecule has 26 heavy (non-hydrogen) atoms. The van der Waals surface area contributed by atoms with Crippen LogP contribution in [-0.2, 0) is 14.3 Å². The van der Waals surface area contributed by atoms with Gasteiger partial charge in [-0.2, -0.15) is 0 Å². The maximum absolute atomic E-state index is 12.2. The van der Waals surface area contributed by atoms with E-state index in [1.54, 1.807) is 24.3 Å². The number of hydrogen-bond acceptors (Lipinski definition) is 5. The Morgan fingerprint density at radius 2 is 2.08 bits per heavy atom. The van der Waals surface area contributed by atoms with Crippen LogP contribution in [-0.4, -0.2) is 35.9 Å². The van der Waals surface area contributed by atoms with E-state index in [9.17, 15) is 14.7 Å². The van der Waals surface area contributed by atoms with Gasteiger partial charge in [0.05, 0.1) is 12.2 Å². The highest BCUT2D eigenvalue weighted by Crippen LogP contribution is 2.33. The van der Waals surface area contributed by atoms with E-state index >= 15 is 0 Å². The molecule has 0 amide bonds. The summed E-state index contributed by atoms with van der Waals surface area (Å²) in [5.74, 6) is -0.607. The van der Waals surface area contributed by atoms with Crippen LogP contribution in [0.1, 0.15) is 56.3 Å². The normalized spacial score (nSPS) is 22.3. The number of aliphatic hydroxyl groups excluding tert-OH is 1. The third kappa shape index (κ3) is 5.18. The summed E-state index contributed by atoms with van der Waals surface area (Å²) in [5, 5.41) is 9.77. The van der Waals surface area contributed by atoms with E-state index in [2.05, 4.69) is 13.8 Å². The minimum absolute atomic E-state index is 0.161. The molecular formula is C21H28O5. The van der Waals surface area contributed by atoms with Gasteiger partial charge in [0.25, 0.3) is 0 Å². The van der Waals surface area contributed by atoms with Crippen LogP contribution in [0.25, 0.3) is 0 Å². The first-order valence-electron chi connectivity index (χ1n) is 9.30. The van der Waals surface area contributed by atoms with Crippen LogP contribution in [0.3, 0.4) is 0 Å². The quantitative estimate of drug-likeness (QED) is 0.537. The Morgan fingerprint density at radius 3 is 2.69 bits per heavy atom. The molecule has 2 unspecified atom stereocenters. The number of carbonyl (C=O) groups is 2. The Bertz CT molecular complexity index is 637. The van der Waals surface area contributed by atoms with Crippen LogP contribution in [0.5, 0.6) is 0 Å². The lowest BCUT2D eigenvalue weighted by Gasteiger charge is -2.24. The first kappa shape index (κ1) is 20.2. The second-order valence-electron chi connectivity index (χ2n) is 6.85. The molecule has 1 fully saturated rings. The predicted octanol–water partition coefficient (Wildman–Crippen LogP) is 3.66. The van der Waals surface area contributed by atoms with Crippen LogP contribution in [0.2, 0.25) is 0 Å². The largest absolute Gasteiger partial charge is 0.458 e. The molecule has 1 aliphatic heterocycles. The Balaban J connectivity index is 2.03. The zero-order valence-electron chi connectivity index (χ0n) is 15.6. The monoisotopic (exact) mass is 360 g/mol. The van der Waals surface area contributed by atoms with E-state index in [0.717, 1.165) is 25.7 Å². The Hall–Kier alpha value is -2.14. The topological polar surface area (TPSA) is 72.8 Å². The summed E-state index contributed by atoms with van der Waals surface area (Å²) < 4.78 is 10.7. The molecule has 0 bridgehead atoms. The van der Waals surface area contributed by atoms with Crippen molar-refractivity contribution in [2.24, 2.45) is 5.92 Å². The van der Waals surface area contributed by atoms with Gasteiger partial charge in [-0.05, 0) is 30.9 Å². The molecular weight excluding hydrogens is 332 g/mol. The van der Waals surface area contributed by atoms with Crippen molar-refractivity contribution in [3.05, 3.63) is 47.5 Å². The number of unbranched alkanes of at least 4 members (excludes halogenated alkanes) is 1. The highest BCUT2D eigenvalue weighted by atomic mass is 16.6. The molecule has 142 valence electrons. The van der Waals surface area contributed by atoms with Gasteiger partial charge in [-0.1, -0.05) is 51.0 Å². The summed E-state index contributed by atoms with van der Waals surface area (Å²) >= 11 is 0. The molecule has 1 heterocycles. The molecule has 2 rings (SSSR count). The van der Waals surface area contributed by atoms with Gasteiger partial charge in [0.1, 0.15) is 6.61 Å². The fourth-order valence-electron chi connectivity index (χ4n) is 3.07. The lowest BCUT2D eigenvalue weighted by molar-refractivity contribution is -0.154. The number of rotatable bonds is 9. The number of benzene rings is 1. The zero-order valence-corrected chi connectivity index (χ0v) is 15.6. The van der Waals surface area contributed by atoms with Crippen molar-refractivity contribution in [3.63, 3.8) is 0 Å². The molecule has 0 radical (unpaired) electrons. The number of hydrogen-bond donors (Lipinski definition) is 1. The molecule has 0 aliphatic carbocycles. The van der Waals surface area contributed by atoms with Gasteiger partial charge in [-0.15, -0.1) is 0 Å². The van der Waals surface area contributed by atoms with Crippen molar-refractivity contribution < 1.29 is 24.2 Å². The number of ether oxygens (including phenoxy) is 2. The Kier molecular flexibility index (Phi) is 7.39. The maximum atomic E-state index is 12.2. The lowest BCUT2D eigenvalue weighted by Crippen LogP contribution is -2.39. The second-order valence-corrected chi connectivity index (χ2v) is 6.85. The van der Waals surface area contributed by atoms with E-state index in [-0.39, 0.29) is 19.6 Å². The molecule has 5 heteroatoms. The van der Waals surface area contributed by atoms with Gasteiger partial charge in [0, 0.05) is 12.0 Å².